The number of hydrogen-bond acceptors (Lipinski definition) is 3. The zero-order valence-electron chi connectivity index (χ0n) is 21.0. The molecule has 3 N–H and O–H groups in total. The second-order valence-corrected chi connectivity index (χ2v) is 12.7. The fourth-order valence-corrected chi connectivity index (χ4v) is 10.1. The van der Waals surface area contributed by atoms with Gasteiger partial charge in [-0.1, -0.05) is 33.6 Å². The minimum absolute atomic E-state index is 0.168. The number of aliphatic hydroxyl groups excluding tert-OH is 2. The highest BCUT2D eigenvalue weighted by Crippen LogP contribution is 2.70. The minimum Gasteiger partial charge on any atom is -0.395 e. The molecule has 3 heteroatoms. The largest absolute Gasteiger partial charge is 0.395 e. The van der Waals surface area contributed by atoms with Gasteiger partial charge in [-0.05, 0) is 117 Å². The summed E-state index contributed by atoms with van der Waals surface area (Å²) in [5.74, 6) is 4.40. The lowest BCUT2D eigenvalue weighted by molar-refractivity contribution is -0.169. The molecule has 4 aliphatic carbocycles. The third-order valence-electron chi connectivity index (χ3n) is 11.5. The van der Waals surface area contributed by atoms with Crippen molar-refractivity contribution in [3.05, 3.63) is 0 Å². The molecule has 4 saturated carbocycles. The second kappa shape index (κ2) is 9.26. The van der Waals surface area contributed by atoms with Crippen LogP contribution in [0.15, 0.2) is 0 Å². The lowest BCUT2D eigenvalue weighted by Crippen LogP contribution is -2.59. The summed E-state index contributed by atoms with van der Waals surface area (Å²) < 4.78 is 0. The molecule has 0 heterocycles. The molecule has 0 amide bonds. The van der Waals surface area contributed by atoms with E-state index >= 15 is 0 Å². The summed E-state index contributed by atoms with van der Waals surface area (Å²) in [6.07, 6.45) is 16.1. The Morgan fingerprint density at radius 2 is 1.81 bits per heavy atom. The molecule has 0 spiro atoms. The van der Waals surface area contributed by atoms with E-state index in [4.69, 9.17) is 0 Å². The van der Waals surface area contributed by atoms with Crippen LogP contribution in [0, 0.1) is 45.8 Å². The Hall–Kier alpha value is -0.120. The van der Waals surface area contributed by atoms with E-state index in [9.17, 15) is 10.2 Å². The maximum atomic E-state index is 10.1. The van der Waals surface area contributed by atoms with Crippen LogP contribution in [0.2, 0.25) is 0 Å². The minimum atomic E-state index is -0.168. The van der Waals surface area contributed by atoms with Gasteiger partial charge in [0.2, 0.25) is 0 Å². The van der Waals surface area contributed by atoms with Crippen molar-refractivity contribution in [2.75, 3.05) is 19.7 Å². The summed E-state index contributed by atoms with van der Waals surface area (Å²) in [5.41, 5.74) is 1.40. The van der Waals surface area contributed by atoms with Gasteiger partial charge in [-0.15, -0.1) is 0 Å². The third kappa shape index (κ3) is 4.03. The lowest BCUT2D eigenvalue weighted by atomic mass is 9.39. The van der Waals surface area contributed by atoms with E-state index in [-0.39, 0.29) is 12.7 Å². The van der Waals surface area contributed by atoms with Crippen LogP contribution in [0.5, 0.6) is 0 Å². The van der Waals surface area contributed by atoms with E-state index in [0.29, 0.717) is 16.2 Å². The van der Waals surface area contributed by atoms with E-state index < -0.39 is 0 Å². The topological polar surface area (TPSA) is 52.5 Å². The van der Waals surface area contributed by atoms with Crippen LogP contribution < -0.4 is 5.32 Å². The molecule has 31 heavy (non-hydrogen) atoms. The zero-order chi connectivity index (χ0) is 22.3. The molecule has 180 valence electrons. The lowest BCUT2D eigenvalue weighted by Gasteiger charge is -2.66. The molecule has 0 aliphatic heterocycles. The van der Waals surface area contributed by atoms with Crippen molar-refractivity contribution in [3.8, 4) is 0 Å². The van der Waals surface area contributed by atoms with E-state index in [1.165, 1.54) is 70.6 Å². The van der Waals surface area contributed by atoms with E-state index in [1.54, 1.807) is 0 Å². The van der Waals surface area contributed by atoms with Crippen molar-refractivity contribution in [2.24, 2.45) is 45.8 Å². The van der Waals surface area contributed by atoms with Gasteiger partial charge in [-0.25, -0.2) is 0 Å². The highest BCUT2D eigenvalue weighted by Gasteiger charge is 2.62. The molecular formula is C28H51NO2. The predicted molar refractivity (Wildman–Crippen MR) is 129 cm³/mol. The van der Waals surface area contributed by atoms with Crippen LogP contribution in [-0.2, 0) is 0 Å². The molecule has 4 aliphatic rings. The Kier molecular flexibility index (Phi) is 7.17. The first-order valence-corrected chi connectivity index (χ1v) is 13.8. The molecule has 0 bridgehead atoms. The summed E-state index contributed by atoms with van der Waals surface area (Å²) >= 11 is 0. The molecular weight excluding hydrogens is 382 g/mol. The van der Waals surface area contributed by atoms with Crippen LogP contribution in [0.4, 0.5) is 0 Å². The molecule has 0 aromatic carbocycles. The van der Waals surface area contributed by atoms with Crippen LogP contribution in [0.1, 0.15) is 105 Å². The molecule has 0 saturated heterocycles. The molecule has 4 fully saturated rings. The number of rotatable bonds is 8. The van der Waals surface area contributed by atoms with Crippen LogP contribution in [0.3, 0.4) is 0 Å². The standard InChI is InChI=1S/C28H51NO2/c1-5-21-11-15-27(4)23-12-16-28(19-29-17-18-30)13-6-7-24(28)22(23)8-9-25(27)26(21,3)14-10-20(2)31/h20-25,29-31H,5-19H2,1-4H3. The van der Waals surface area contributed by atoms with Crippen molar-refractivity contribution in [3.63, 3.8) is 0 Å². The fraction of sp³-hybridized carbons (Fsp3) is 1.00. The quantitative estimate of drug-likeness (QED) is 0.425. The van der Waals surface area contributed by atoms with Gasteiger partial charge >= 0.3 is 0 Å². The Labute approximate surface area is 192 Å². The van der Waals surface area contributed by atoms with Gasteiger partial charge in [0.15, 0.2) is 0 Å². The van der Waals surface area contributed by atoms with Crippen molar-refractivity contribution < 1.29 is 10.2 Å². The summed E-state index contributed by atoms with van der Waals surface area (Å²) in [4.78, 5) is 0. The van der Waals surface area contributed by atoms with Crippen molar-refractivity contribution in [1.29, 1.82) is 0 Å². The van der Waals surface area contributed by atoms with Crippen LogP contribution in [0.25, 0.3) is 0 Å². The van der Waals surface area contributed by atoms with Gasteiger partial charge in [0.25, 0.3) is 0 Å². The summed E-state index contributed by atoms with van der Waals surface area (Å²) in [6.45, 7) is 11.9. The first-order valence-electron chi connectivity index (χ1n) is 13.8. The normalized spacial score (nSPS) is 48.0. The van der Waals surface area contributed by atoms with Crippen molar-refractivity contribution in [2.45, 2.75) is 111 Å². The SMILES string of the molecule is CCC1CCC2(C)C3CCC4(CNCCO)CCCC4C3CCC2C1(C)CCC(C)O. The Balaban J connectivity index is 1.57. The Morgan fingerprint density at radius 1 is 1.00 bits per heavy atom. The van der Waals surface area contributed by atoms with E-state index in [2.05, 4.69) is 26.1 Å². The number of fused-ring (bicyclic) bond motifs is 5. The molecule has 0 aromatic heterocycles. The van der Waals surface area contributed by atoms with Gasteiger partial charge in [-0.3, -0.25) is 0 Å². The molecule has 9 atom stereocenters. The monoisotopic (exact) mass is 433 g/mol. The maximum absolute atomic E-state index is 10.1. The predicted octanol–water partition coefficient (Wildman–Crippen LogP) is 5.78. The Bertz CT molecular complexity index is 608. The molecule has 4 rings (SSSR count). The number of nitrogens with one attached hydrogen (secondary N) is 1. The van der Waals surface area contributed by atoms with Gasteiger partial charge in [-0.2, -0.15) is 0 Å². The van der Waals surface area contributed by atoms with E-state index in [1.807, 2.05) is 6.92 Å². The molecule has 3 nitrogen and oxygen atoms in total. The molecule has 9 unspecified atom stereocenters. The highest BCUT2D eigenvalue weighted by molar-refractivity contribution is 5.12. The van der Waals surface area contributed by atoms with Crippen LogP contribution in [-0.4, -0.2) is 36.0 Å². The molecule has 0 radical (unpaired) electrons. The average Bonchev–Trinajstić information content (AvgIpc) is 3.17. The van der Waals surface area contributed by atoms with Crippen molar-refractivity contribution in [1.82, 2.24) is 5.32 Å². The second-order valence-electron chi connectivity index (χ2n) is 12.7. The first-order chi connectivity index (χ1) is 14.8. The van der Waals surface area contributed by atoms with Gasteiger partial charge in [0.1, 0.15) is 0 Å². The van der Waals surface area contributed by atoms with Gasteiger partial charge < -0.3 is 15.5 Å². The smallest absolute Gasteiger partial charge is 0.0555 e. The summed E-state index contributed by atoms with van der Waals surface area (Å²) in [7, 11) is 0. The zero-order valence-corrected chi connectivity index (χ0v) is 21.0. The van der Waals surface area contributed by atoms with Crippen molar-refractivity contribution >= 4 is 0 Å². The first kappa shape index (κ1) is 24.0. The fourth-order valence-electron chi connectivity index (χ4n) is 10.1. The summed E-state index contributed by atoms with van der Waals surface area (Å²) in [5, 5.41) is 23.0. The summed E-state index contributed by atoms with van der Waals surface area (Å²) in [6, 6.07) is 0. The van der Waals surface area contributed by atoms with Gasteiger partial charge in [0.05, 0.1) is 12.7 Å². The number of hydrogen-bond donors (Lipinski definition) is 3. The van der Waals surface area contributed by atoms with E-state index in [0.717, 1.165) is 49.1 Å². The average molecular weight is 434 g/mol. The molecule has 0 aromatic rings. The van der Waals surface area contributed by atoms with Crippen LogP contribution >= 0.6 is 0 Å². The highest BCUT2D eigenvalue weighted by atomic mass is 16.3. The Morgan fingerprint density at radius 3 is 2.52 bits per heavy atom. The number of aliphatic hydroxyl groups is 2. The third-order valence-corrected chi connectivity index (χ3v) is 11.5. The van der Waals surface area contributed by atoms with Gasteiger partial charge in [0, 0.05) is 13.1 Å². The maximum Gasteiger partial charge on any atom is 0.0555 e.